The van der Waals surface area contributed by atoms with Crippen molar-refractivity contribution in [3.63, 3.8) is 0 Å². The highest BCUT2D eigenvalue weighted by molar-refractivity contribution is 6.06. The van der Waals surface area contributed by atoms with E-state index in [2.05, 4.69) is 10.6 Å². The number of ether oxygens (including phenoxy) is 2. The summed E-state index contributed by atoms with van der Waals surface area (Å²) in [6.45, 7) is 0.325. The molecule has 0 spiro atoms. The number of carbonyl (C=O) groups excluding carboxylic acids is 2. The maximum atomic E-state index is 12.5. The average Bonchev–Trinajstić information content (AvgIpc) is 2.78. The van der Waals surface area contributed by atoms with Crippen LogP contribution in [0.3, 0.4) is 0 Å². The third-order valence-electron chi connectivity index (χ3n) is 4.37. The lowest BCUT2D eigenvalue weighted by molar-refractivity contribution is 0.0950. The van der Waals surface area contributed by atoms with Crippen LogP contribution in [0.5, 0.6) is 11.5 Å². The predicted octanol–water partition coefficient (Wildman–Crippen LogP) is 3.89. The van der Waals surface area contributed by atoms with E-state index in [-0.39, 0.29) is 11.8 Å². The van der Waals surface area contributed by atoms with Gasteiger partial charge in [0.05, 0.1) is 14.2 Å². The van der Waals surface area contributed by atoms with Crippen molar-refractivity contribution in [2.45, 2.75) is 6.54 Å². The number of benzene rings is 3. The lowest BCUT2D eigenvalue weighted by Gasteiger charge is -2.10. The normalized spacial score (nSPS) is 10.1. The van der Waals surface area contributed by atoms with Gasteiger partial charge in [0, 0.05) is 28.9 Å². The maximum absolute atomic E-state index is 12.5. The van der Waals surface area contributed by atoms with Crippen LogP contribution < -0.4 is 20.1 Å². The van der Waals surface area contributed by atoms with E-state index >= 15 is 0 Å². The summed E-state index contributed by atoms with van der Waals surface area (Å²) in [6, 6.07) is 21.1. The van der Waals surface area contributed by atoms with E-state index in [9.17, 15) is 9.59 Å². The summed E-state index contributed by atoms with van der Waals surface area (Å²) in [7, 11) is 3.17. The molecule has 0 aliphatic heterocycles. The second-order valence-electron chi connectivity index (χ2n) is 6.26. The molecule has 0 saturated heterocycles. The van der Waals surface area contributed by atoms with Gasteiger partial charge in [0.1, 0.15) is 11.5 Å². The van der Waals surface area contributed by atoms with Gasteiger partial charge in [-0.15, -0.1) is 0 Å². The van der Waals surface area contributed by atoms with Crippen molar-refractivity contribution in [2.24, 2.45) is 0 Å². The van der Waals surface area contributed by atoms with Gasteiger partial charge in [-0.3, -0.25) is 9.59 Å². The quantitative estimate of drug-likeness (QED) is 0.642. The fourth-order valence-electron chi connectivity index (χ4n) is 2.81. The van der Waals surface area contributed by atoms with E-state index in [1.165, 1.54) is 0 Å². The number of hydrogen-bond acceptors (Lipinski definition) is 4. The lowest BCUT2D eigenvalue weighted by Crippen LogP contribution is -2.23. The van der Waals surface area contributed by atoms with Crippen molar-refractivity contribution in [1.29, 1.82) is 0 Å². The topological polar surface area (TPSA) is 76.7 Å². The Hall–Kier alpha value is -3.80. The Morgan fingerprint density at radius 1 is 0.793 bits per heavy atom. The van der Waals surface area contributed by atoms with Crippen LogP contribution in [0.1, 0.15) is 26.3 Å². The van der Waals surface area contributed by atoms with Gasteiger partial charge in [-0.05, 0) is 48.5 Å². The van der Waals surface area contributed by atoms with Gasteiger partial charge in [0.2, 0.25) is 0 Å². The van der Waals surface area contributed by atoms with Crippen molar-refractivity contribution in [2.75, 3.05) is 19.5 Å². The van der Waals surface area contributed by atoms with Crippen molar-refractivity contribution < 1.29 is 19.1 Å². The van der Waals surface area contributed by atoms with Crippen LogP contribution in [0, 0.1) is 0 Å². The molecule has 0 aliphatic rings. The van der Waals surface area contributed by atoms with Crippen LogP contribution in [0.25, 0.3) is 0 Å². The third kappa shape index (κ3) is 5.13. The molecule has 0 saturated carbocycles. The smallest absolute Gasteiger partial charge is 0.255 e. The summed E-state index contributed by atoms with van der Waals surface area (Å²) in [5.74, 6) is 0.849. The van der Waals surface area contributed by atoms with Crippen molar-refractivity contribution in [3.8, 4) is 11.5 Å². The number of carbonyl (C=O) groups is 2. The SMILES string of the molecule is COc1ccc(NC(=O)c2cccc(C(=O)NCc3ccccc3OC)c2)cc1. The minimum Gasteiger partial charge on any atom is -0.497 e. The molecule has 2 amide bonds. The summed E-state index contributed by atoms with van der Waals surface area (Å²) in [5.41, 5.74) is 2.31. The van der Waals surface area contributed by atoms with Crippen LogP contribution in [-0.4, -0.2) is 26.0 Å². The number of amides is 2. The van der Waals surface area contributed by atoms with E-state index in [4.69, 9.17) is 9.47 Å². The Kier molecular flexibility index (Phi) is 6.47. The molecule has 0 unspecified atom stereocenters. The molecule has 2 N–H and O–H groups in total. The number of hydrogen-bond donors (Lipinski definition) is 2. The Morgan fingerprint density at radius 3 is 2.17 bits per heavy atom. The second kappa shape index (κ2) is 9.41. The van der Waals surface area contributed by atoms with Crippen LogP contribution in [0.15, 0.2) is 72.8 Å². The number of para-hydroxylation sites is 1. The van der Waals surface area contributed by atoms with Crippen LogP contribution in [0.2, 0.25) is 0 Å². The first kappa shape index (κ1) is 19.9. The van der Waals surface area contributed by atoms with Gasteiger partial charge in [0.15, 0.2) is 0 Å². The number of anilines is 1. The molecule has 0 atom stereocenters. The first-order valence-electron chi connectivity index (χ1n) is 9.06. The standard InChI is InChI=1S/C23H22N2O4/c1-28-20-12-10-19(11-13-20)25-23(27)17-8-5-7-16(14-17)22(26)24-15-18-6-3-4-9-21(18)29-2/h3-14H,15H2,1-2H3,(H,24,26)(H,25,27). The fourth-order valence-corrected chi connectivity index (χ4v) is 2.81. The molecule has 6 nitrogen and oxygen atoms in total. The monoisotopic (exact) mass is 390 g/mol. The zero-order chi connectivity index (χ0) is 20.6. The zero-order valence-corrected chi connectivity index (χ0v) is 16.3. The molecule has 3 rings (SSSR count). The minimum atomic E-state index is -0.297. The molecule has 0 radical (unpaired) electrons. The van der Waals surface area contributed by atoms with Gasteiger partial charge >= 0.3 is 0 Å². The van der Waals surface area contributed by atoms with E-state index in [0.717, 1.165) is 5.56 Å². The lowest BCUT2D eigenvalue weighted by atomic mass is 10.1. The van der Waals surface area contributed by atoms with E-state index in [1.807, 2.05) is 24.3 Å². The summed E-state index contributed by atoms with van der Waals surface area (Å²) in [6.07, 6.45) is 0. The predicted molar refractivity (Wildman–Crippen MR) is 112 cm³/mol. The second-order valence-corrected chi connectivity index (χ2v) is 6.26. The molecule has 29 heavy (non-hydrogen) atoms. The van der Waals surface area contributed by atoms with E-state index in [1.54, 1.807) is 62.8 Å². The van der Waals surface area contributed by atoms with E-state index < -0.39 is 0 Å². The highest BCUT2D eigenvalue weighted by atomic mass is 16.5. The minimum absolute atomic E-state index is 0.269. The largest absolute Gasteiger partial charge is 0.497 e. The molecule has 6 heteroatoms. The van der Waals surface area contributed by atoms with Crippen LogP contribution in [0.4, 0.5) is 5.69 Å². The third-order valence-corrected chi connectivity index (χ3v) is 4.37. The number of rotatable bonds is 7. The van der Waals surface area contributed by atoms with Gasteiger partial charge in [-0.25, -0.2) is 0 Å². The first-order valence-corrected chi connectivity index (χ1v) is 9.06. The molecule has 0 fully saturated rings. The summed E-state index contributed by atoms with van der Waals surface area (Å²) in [5, 5.41) is 5.66. The Balaban J connectivity index is 1.66. The average molecular weight is 390 g/mol. The zero-order valence-electron chi connectivity index (χ0n) is 16.3. The highest BCUT2D eigenvalue weighted by Crippen LogP contribution is 2.18. The van der Waals surface area contributed by atoms with Crippen LogP contribution >= 0.6 is 0 Å². The van der Waals surface area contributed by atoms with E-state index in [0.29, 0.717) is 34.9 Å². The number of methoxy groups -OCH3 is 2. The van der Waals surface area contributed by atoms with Crippen molar-refractivity contribution >= 4 is 17.5 Å². The highest BCUT2D eigenvalue weighted by Gasteiger charge is 2.12. The Bertz CT molecular complexity index is 1000. The molecular formula is C23H22N2O4. The van der Waals surface area contributed by atoms with Crippen molar-refractivity contribution in [3.05, 3.63) is 89.5 Å². The molecule has 0 bridgehead atoms. The summed E-state index contributed by atoms with van der Waals surface area (Å²) < 4.78 is 10.4. The fraction of sp³-hybridized carbons (Fsp3) is 0.130. The van der Waals surface area contributed by atoms with Gasteiger partial charge in [-0.2, -0.15) is 0 Å². The number of nitrogens with one attached hydrogen (secondary N) is 2. The molecular weight excluding hydrogens is 368 g/mol. The van der Waals surface area contributed by atoms with Gasteiger partial charge in [-0.1, -0.05) is 24.3 Å². The summed E-state index contributed by atoms with van der Waals surface area (Å²) >= 11 is 0. The molecule has 3 aromatic carbocycles. The molecule has 0 aliphatic carbocycles. The molecule has 3 aromatic rings. The van der Waals surface area contributed by atoms with Gasteiger partial charge < -0.3 is 20.1 Å². The first-order chi connectivity index (χ1) is 14.1. The Morgan fingerprint density at radius 2 is 1.48 bits per heavy atom. The molecule has 148 valence electrons. The summed E-state index contributed by atoms with van der Waals surface area (Å²) in [4.78, 5) is 25.0. The maximum Gasteiger partial charge on any atom is 0.255 e. The van der Waals surface area contributed by atoms with Crippen molar-refractivity contribution in [1.82, 2.24) is 5.32 Å². The molecule has 0 heterocycles. The molecule has 0 aromatic heterocycles. The van der Waals surface area contributed by atoms with Gasteiger partial charge in [0.25, 0.3) is 11.8 Å². The Labute approximate surface area is 169 Å². The van der Waals surface area contributed by atoms with Crippen LogP contribution in [-0.2, 0) is 6.54 Å².